The number of benzene rings is 1. The van der Waals surface area contributed by atoms with Gasteiger partial charge in [0.25, 0.3) is 0 Å². The molecule has 0 heterocycles. The number of hydrogen-bond donors (Lipinski definition) is 0. The summed E-state index contributed by atoms with van der Waals surface area (Å²) in [6.45, 7) is 9.96. The summed E-state index contributed by atoms with van der Waals surface area (Å²) in [5.74, 6) is 1.94. The normalized spacial score (nSPS) is 25.6. The van der Waals surface area contributed by atoms with Crippen molar-refractivity contribution < 1.29 is 4.39 Å². The van der Waals surface area contributed by atoms with Crippen LogP contribution in [0.3, 0.4) is 0 Å². The Morgan fingerprint density at radius 3 is 2.44 bits per heavy atom. The lowest BCUT2D eigenvalue weighted by Gasteiger charge is -2.36. The molecule has 1 fully saturated rings. The number of nitrogens with zero attached hydrogens (tertiary/aromatic N) is 1. The molecule has 1 aromatic carbocycles. The molecule has 0 aliphatic heterocycles. The third kappa shape index (κ3) is 4.32. The van der Waals surface area contributed by atoms with Crippen molar-refractivity contribution in [2.75, 3.05) is 6.66 Å². The van der Waals surface area contributed by atoms with E-state index in [4.69, 9.17) is 0 Å². The summed E-state index contributed by atoms with van der Waals surface area (Å²) in [6.07, 6.45) is 10.1. The van der Waals surface area contributed by atoms with E-state index < -0.39 is 0 Å². The Bertz CT molecular complexity index is 638. The smallest absolute Gasteiger partial charge is 0.145 e. The molecule has 0 N–H and O–H groups in total. The van der Waals surface area contributed by atoms with Gasteiger partial charge in [0.1, 0.15) is 11.9 Å². The zero-order chi connectivity index (χ0) is 18.4. The average molecular weight is 359 g/mol. The molecule has 136 valence electrons. The fraction of sp³-hybridized carbons (Fsp3) is 0.591. The molecular formula is C22H31FNP. The zero-order valence-electron chi connectivity index (χ0n) is 15.9. The topological polar surface area (TPSA) is 23.8 Å². The van der Waals surface area contributed by atoms with Crippen molar-refractivity contribution in [3.63, 3.8) is 0 Å². The summed E-state index contributed by atoms with van der Waals surface area (Å²) in [4.78, 5) is 0. The highest BCUT2D eigenvalue weighted by molar-refractivity contribution is 7.46. The van der Waals surface area contributed by atoms with Crippen molar-refractivity contribution in [2.45, 2.75) is 58.8 Å². The van der Waals surface area contributed by atoms with Crippen LogP contribution >= 0.6 is 8.58 Å². The maximum Gasteiger partial charge on any atom is 0.145 e. The average Bonchev–Trinajstić information content (AvgIpc) is 2.69. The number of rotatable bonds is 3. The van der Waals surface area contributed by atoms with Gasteiger partial charge in [-0.25, -0.2) is 4.39 Å². The van der Waals surface area contributed by atoms with Crippen LogP contribution in [0.4, 0.5) is 4.39 Å². The Balaban J connectivity index is 0.00000109. The quantitative estimate of drug-likeness (QED) is 0.497. The van der Waals surface area contributed by atoms with Crippen molar-refractivity contribution >= 4 is 13.9 Å². The van der Waals surface area contributed by atoms with E-state index >= 15 is 0 Å². The molecule has 0 bridgehead atoms. The van der Waals surface area contributed by atoms with E-state index in [0.717, 1.165) is 36.0 Å². The predicted molar refractivity (Wildman–Crippen MR) is 107 cm³/mol. The maximum absolute atomic E-state index is 14.6. The van der Waals surface area contributed by atoms with Crippen LogP contribution in [0.15, 0.2) is 18.7 Å². The Morgan fingerprint density at radius 2 is 1.88 bits per heavy atom. The lowest BCUT2D eigenvalue weighted by Crippen LogP contribution is -2.28. The van der Waals surface area contributed by atoms with Crippen molar-refractivity contribution in [1.82, 2.24) is 0 Å². The molecule has 25 heavy (non-hydrogen) atoms. The molecule has 0 aromatic heterocycles. The molecule has 3 rings (SSSR count). The Hall–Kier alpha value is -1.19. The van der Waals surface area contributed by atoms with Crippen molar-refractivity contribution in [1.29, 1.82) is 5.26 Å². The molecule has 0 saturated heterocycles. The fourth-order valence-electron chi connectivity index (χ4n) is 4.47. The van der Waals surface area contributed by atoms with Crippen LogP contribution in [0.2, 0.25) is 0 Å². The molecule has 0 radical (unpaired) electrons. The van der Waals surface area contributed by atoms with Crippen LogP contribution in [0, 0.1) is 34.9 Å². The molecule has 2 aliphatic rings. The van der Waals surface area contributed by atoms with Crippen molar-refractivity contribution in [3.8, 4) is 6.07 Å². The predicted octanol–water partition coefficient (Wildman–Crippen LogP) is 5.75. The van der Waals surface area contributed by atoms with Gasteiger partial charge in [0.15, 0.2) is 0 Å². The molecule has 1 saturated carbocycles. The Labute approximate surface area is 154 Å². The Kier molecular flexibility index (Phi) is 7.64. The van der Waals surface area contributed by atoms with Gasteiger partial charge in [-0.05, 0) is 91.9 Å². The highest BCUT2D eigenvalue weighted by atomic mass is 31.1. The molecule has 2 aliphatic carbocycles. The van der Waals surface area contributed by atoms with E-state index in [0.29, 0.717) is 20.4 Å². The maximum atomic E-state index is 14.6. The van der Waals surface area contributed by atoms with Crippen LogP contribution < -0.4 is 5.30 Å². The molecular weight excluding hydrogens is 328 g/mol. The fourth-order valence-corrected chi connectivity index (χ4v) is 5.21. The number of fused-ring (bicyclic) bond motifs is 1. The van der Waals surface area contributed by atoms with Crippen LogP contribution in [0.5, 0.6) is 0 Å². The summed E-state index contributed by atoms with van der Waals surface area (Å²) in [6, 6.07) is 4.20. The first-order valence-corrected chi connectivity index (χ1v) is 11.2. The van der Waals surface area contributed by atoms with Gasteiger partial charge in [0.05, 0.1) is 5.56 Å². The van der Waals surface area contributed by atoms with E-state index in [1.165, 1.54) is 31.2 Å². The van der Waals surface area contributed by atoms with E-state index in [1.54, 1.807) is 0 Å². The SMILES string of the molecule is C=CC1CCC(C2CCc3c(cc(PC)c(C#N)c3F)C2)CC1.CC. The van der Waals surface area contributed by atoms with Crippen LogP contribution in [0.1, 0.15) is 62.6 Å². The molecule has 3 heteroatoms. The van der Waals surface area contributed by atoms with Gasteiger partial charge in [0.2, 0.25) is 0 Å². The van der Waals surface area contributed by atoms with E-state index in [-0.39, 0.29) is 11.4 Å². The largest absolute Gasteiger partial charge is 0.205 e. The number of hydrogen-bond acceptors (Lipinski definition) is 1. The van der Waals surface area contributed by atoms with Crippen molar-refractivity contribution in [3.05, 3.63) is 41.2 Å². The zero-order valence-corrected chi connectivity index (χ0v) is 16.9. The van der Waals surface area contributed by atoms with E-state index in [9.17, 15) is 9.65 Å². The lowest BCUT2D eigenvalue weighted by molar-refractivity contribution is 0.205. The molecule has 0 amide bonds. The molecule has 2 unspecified atom stereocenters. The van der Waals surface area contributed by atoms with Gasteiger partial charge in [-0.15, -0.1) is 6.58 Å². The number of nitriles is 1. The highest BCUT2D eigenvalue weighted by Gasteiger charge is 2.31. The highest BCUT2D eigenvalue weighted by Crippen LogP contribution is 2.40. The van der Waals surface area contributed by atoms with Crippen LogP contribution in [0.25, 0.3) is 0 Å². The monoisotopic (exact) mass is 359 g/mol. The standard InChI is InChI=1S/C20H25FNP.C2H6/c1-3-13-4-6-14(7-5-13)15-8-9-17-16(10-15)11-19(23-2)18(12-22)20(17)21;1-2/h3,11,13-15,23H,1,4-10H2,2H3;1-2H3. The van der Waals surface area contributed by atoms with E-state index in [1.807, 2.05) is 20.5 Å². The lowest BCUT2D eigenvalue weighted by atomic mass is 9.69. The van der Waals surface area contributed by atoms with Gasteiger partial charge in [-0.2, -0.15) is 5.26 Å². The minimum absolute atomic E-state index is 0.233. The van der Waals surface area contributed by atoms with Gasteiger partial charge in [-0.1, -0.05) is 28.5 Å². The minimum atomic E-state index is -0.233. The second-order valence-electron chi connectivity index (χ2n) is 7.03. The first-order chi connectivity index (χ1) is 12.2. The summed E-state index contributed by atoms with van der Waals surface area (Å²) in [5.41, 5.74) is 2.28. The number of allylic oxidation sites excluding steroid dienone is 1. The summed E-state index contributed by atoms with van der Waals surface area (Å²) in [5, 5.41) is 10.1. The summed E-state index contributed by atoms with van der Waals surface area (Å²) in [7, 11) is 0.475. The third-order valence-corrected chi connectivity index (χ3v) is 6.84. The van der Waals surface area contributed by atoms with Crippen LogP contribution in [-0.2, 0) is 12.8 Å². The number of halogens is 1. The summed E-state index contributed by atoms with van der Waals surface area (Å²) >= 11 is 0. The second-order valence-corrected chi connectivity index (χ2v) is 8.06. The van der Waals surface area contributed by atoms with Crippen molar-refractivity contribution in [2.24, 2.45) is 17.8 Å². The first kappa shape index (κ1) is 20.1. The molecule has 1 nitrogen and oxygen atoms in total. The van der Waals surface area contributed by atoms with Crippen LogP contribution in [-0.4, -0.2) is 6.66 Å². The third-order valence-electron chi connectivity index (χ3n) is 5.90. The van der Waals surface area contributed by atoms with Gasteiger partial charge >= 0.3 is 0 Å². The minimum Gasteiger partial charge on any atom is -0.205 e. The molecule has 0 spiro atoms. The van der Waals surface area contributed by atoms with Gasteiger partial charge in [-0.3, -0.25) is 0 Å². The molecule has 2 atom stereocenters. The summed E-state index contributed by atoms with van der Waals surface area (Å²) < 4.78 is 14.6. The molecule has 1 aromatic rings. The van der Waals surface area contributed by atoms with E-state index in [2.05, 4.69) is 24.8 Å². The first-order valence-electron chi connectivity index (χ1n) is 9.72. The van der Waals surface area contributed by atoms with Gasteiger partial charge < -0.3 is 0 Å². The second kappa shape index (κ2) is 9.49. The van der Waals surface area contributed by atoms with Gasteiger partial charge in [0, 0.05) is 0 Å². The Morgan fingerprint density at radius 1 is 1.20 bits per heavy atom.